The highest BCUT2D eigenvalue weighted by Gasteiger charge is 2.26. The van der Waals surface area contributed by atoms with Gasteiger partial charge in [-0.2, -0.15) is 4.31 Å². The summed E-state index contributed by atoms with van der Waals surface area (Å²) in [6, 6.07) is 3.49. The predicted octanol–water partition coefficient (Wildman–Crippen LogP) is 1.66. The molecular formula is C13H16FNO3S. The number of aliphatic hydroxyl groups excluding tert-OH is 1. The molecule has 0 saturated carbocycles. The van der Waals surface area contributed by atoms with Gasteiger partial charge in [0.05, 0.1) is 11.5 Å². The van der Waals surface area contributed by atoms with Crippen molar-refractivity contribution >= 4 is 10.0 Å². The van der Waals surface area contributed by atoms with Crippen molar-refractivity contribution in [1.29, 1.82) is 0 Å². The second-order valence-corrected chi connectivity index (χ2v) is 6.51. The van der Waals surface area contributed by atoms with Crippen LogP contribution < -0.4 is 0 Å². The summed E-state index contributed by atoms with van der Waals surface area (Å²) in [6.45, 7) is 2.20. The molecule has 104 valence electrons. The lowest BCUT2D eigenvalue weighted by Crippen LogP contribution is -2.34. The van der Waals surface area contributed by atoms with Crippen molar-refractivity contribution in [3.8, 4) is 0 Å². The molecule has 19 heavy (non-hydrogen) atoms. The Kier molecular flexibility index (Phi) is 4.03. The van der Waals surface area contributed by atoms with Gasteiger partial charge in [-0.05, 0) is 31.5 Å². The molecule has 1 aliphatic heterocycles. The van der Waals surface area contributed by atoms with Gasteiger partial charge < -0.3 is 5.11 Å². The normalized spacial score (nSPS) is 17.3. The highest BCUT2D eigenvalue weighted by molar-refractivity contribution is 7.89. The number of hydrogen-bond acceptors (Lipinski definition) is 3. The third-order valence-corrected chi connectivity index (χ3v) is 5.09. The van der Waals surface area contributed by atoms with Gasteiger partial charge in [-0.3, -0.25) is 0 Å². The number of nitrogens with zero attached hydrogens (tertiary/aromatic N) is 1. The third-order valence-electron chi connectivity index (χ3n) is 3.22. The SMILES string of the molecule is CC1=CCN(S(=O)(=O)c2ccc(F)c(CO)c2)CC1. The summed E-state index contributed by atoms with van der Waals surface area (Å²) in [5, 5.41) is 9.00. The van der Waals surface area contributed by atoms with Gasteiger partial charge in [0, 0.05) is 18.7 Å². The van der Waals surface area contributed by atoms with E-state index in [0.717, 1.165) is 6.07 Å². The molecule has 1 aromatic carbocycles. The van der Waals surface area contributed by atoms with Crippen LogP contribution in [-0.4, -0.2) is 30.9 Å². The molecule has 0 unspecified atom stereocenters. The Balaban J connectivity index is 2.35. The molecule has 0 amide bonds. The van der Waals surface area contributed by atoms with Gasteiger partial charge in [-0.15, -0.1) is 0 Å². The number of sulfonamides is 1. The Bertz CT molecular complexity index is 610. The van der Waals surface area contributed by atoms with Crippen LogP contribution in [0.1, 0.15) is 18.9 Å². The number of halogens is 1. The number of benzene rings is 1. The average molecular weight is 285 g/mol. The molecule has 0 saturated heterocycles. The second kappa shape index (κ2) is 5.40. The van der Waals surface area contributed by atoms with E-state index in [0.29, 0.717) is 19.5 Å². The molecule has 0 bridgehead atoms. The van der Waals surface area contributed by atoms with Crippen molar-refractivity contribution in [3.63, 3.8) is 0 Å². The molecule has 0 radical (unpaired) electrons. The number of hydrogen-bond donors (Lipinski definition) is 1. The van der Waals surface area contributed by atoms with Crippen molar-refractivity contribution < 1.29 is 17.9 Å². The first-order valence-electron chi connectivity index (χ1n) is 6.00. The van der Waals surface area contributed by atoms with Crippen molar-refractivity contribution in [2.75, 3.05) is 13.1 Å². The van der Waals surface area contributed by atoms with Crippen molar-refractivity contribution in [2.24, 2.45) is 0 Å². The van der Waals surface area contributed by atoms with Gasteiger partial charge in [0.1, 0.15) is 5.82 Å². The molecule has 0 atom stereocenters. The second-order valence-electron chi connectivity index (χ2n) is 4.57. The van der Waals surface area contributed by atoms with Crippen LogP contribution in [0.2, 0.25) is 0 Å². The Labute approximate surface area is 112 Å². The monoisotopic (exact) mass is 285 g/mol. The smallest absolute Gasteiger partial charge is 0.243 e. The van der Waals surface area contributed by atoms with Crippen molar-refractivity contribution in [3.05, 3.63) is 41.2 Å². The van der Waals surface area contributed by atoms with Crippen LogP contribution in [-0.2, 0) is 16.6 Å². The summed E-state index contributed by atoms with van der Waals surface area (Å²) in [4.78, 5) is 0.0194. The zero-order valence-electron chi connectivity index (χ0n) is 10.6. The van der Waals surface area contributed by atoms with Gasteiger partial charge in [-0.25, -0.2) is 12.8 Å². The van der Waals surface area contributed by atoms with Crippen molar-refractivity contribution in [2.45, 2.75) is 24.8 Å². The lowest BCUT2D eigenvalue weighted by atomic mass is 10.1. The topological polar surface area (TPSA) is 57.6 Å². The Morgan fingerprint density at radius 2 is 2.16 bits per heavy atom. The minimum absolute atomic E-state index is 0.00944. The van der Waals surface area contributed by atoms with Crippen molar-refractivity contribution in [1.82, 2.24) is 4.31 Å². The van der Waals surface area contributed by atoms with Crippen LogP contribution in [0.5, 0.6) is 0 Å². The maximum absolute atomic E-state index is 13.3. The van der Waals surface area contributed by atoms with E-state index in [1.807, 2.05) is 13.0 Å². The molecule has 1 aromatic rings. The van der Waals surface area contributed by atoms with Gasteiger partial charge >= 0.3 is 0 Å². The maximum Gasteiger partial charge on any atom is 0.243 e. The van der Waals surface area contributed by atoms with Crippen LogP contribution in [0, 0.1) is 5.82 Å². The van der Waals surface area contributed by atoms with E-state index in [9.17, 15) is 12.8 Å². The Hall–Kier alpha value is -1.24. The summed E-state index contributed by atoms with van der Waals surface area (Å²) in [6.07, 6.45) is 2.57. The van der Waals surface area contributed by atoms with Crippen LogP contribution in [0.15, 0.2) is 34.7 Å². The van der Waals surface area contributed by atoms with Crippen LogP contribution in [0.4, 0.5) is 4.39 Å². The Morgan fingerprint density at radius 1 is 1.42 bits per heavy atom. The van der Waals surface area contributed by atoms with Crippen LogP contribution >= 0.6 is 0 Å². The van der Waals surface area contributed by atoms with E-state index >= 15 is 0 Å². The molecule has 1 heterocycles. The quantitative estimate of drug-likeness (QED) is 0.859. The summed E-state index contributed by atoms with van der Waals surface area (Å²) >= 11 is 0. The zero-order valence-corrected chi connectivity index (χ0v) is 11.5. The predicted molar refractivity (Wildman–Crippen MR) is 69.5 cm³/mol. The first-order chi connectivity index (χ1) is 8.95. The van der Waals surface area contributed by atoms with E-state index in [1.54, 1.807) is 0 Å². The average Bonchev–Trinajstić information content (AvgIpc) is 2.39. The van der Waals surface area contributed by atoms with E-state index in [-0.39, 0.29) is 10.5 Å². The first kappa shape index (κ1) is 14.2. The molecule has 0 aliphatic carbocycles. The highest BCUT2D eigenvalue weighted by atomic mass is 32.2. The standard InChI is InChI=1S/C13H16FNO3S/c1-10-4-6-15(7-5-10)19(17,18)12-2-3-13(14)11(8-12)9-16/h2-4,8,16H,5-7,9H2,1H3. The first-order valence-corrected chi connectivity index (χ1v) is 7.44. The van der Waals surface area contributed by atoms with E-state index in [4.69, 9.17) is 5.11 Å². The molecule has 2 rings (SSSR count). The highest BCUT2D eigenvalue weighted by Crippen LogP contribution is 2.22. The molecule has 6 heteroatoms. The minimum Gasteiger partial charge on any atom is -0.392 e. The molecule has 4 nitrogen and oxygen atoms in total. The van der Waals surface area contributed by atoms with E-state index < -0.39 is 22.4 Å². The summed E-state index contributed by atoms with van der Waals surface area (Å²) < 4.78 is 39.4. The van der Waals surface area contributed by atoms with Gasteiger partial charge in [0.25, 0.3) is 0 Å². The fraction of sp³-hybridized carbons (Fsp3) is 0.385. The van der Waals surface area contributed by atoms with Crippen LogP contribution in [0.3, 0.4) is 0 Å². The molecular weight excluding hydrogens is 269 g/mol. The number of rotatable bonds is 3. The summed E-state index contributed by atoms with van der Waals surface area (Å²) in [5.41, 5.74) is 1.16. The summed E-state index contributed by atoms with van der Waals surface area (Å²) in [7, 11) is -3.62. The van der Waals surface area contributed by atoms with Crippen LogP contribution in [0.25, 0.3) is 0 Å². The van der Waals surface area contributed by atoms with E-state index in [2.05, 4.69) is 0 Å². The lowest BCUT2D eigenvalue weighted by molar-refractivity contribution is 0.275. The largest absolute Gasteiger partial charge is 0.392 e. The molecule has 0 spiro atoms. The van der Waals surface area contributed by atoms with E-state index in [1.165, 1.54) is 22.0 Å². The van der Waals surface area contributed by atoms with Gasteiger partial charge in [0.15, 0.2) is 0 Å². The Morgan fingerprint density at radius 3 is 2.74 bits per heavy atom. The molecule has 0 aromatic heterocycles. The summed E-state index contributed by atoms with van der Waals surface area (Å²) in [5.74, 6) is -0.601. The minimum atomic E-state index is -3.62. The van der Waals surface area contributed by atoms with Gasteiger partial charge in [-0.1, -0.05) is 11.6 Å². The maximum atomic E-state index is 13.3. The van der Waals surface area contributed by atoms with Gasteiger partial charge in [0.2, 0.25) is 10.0 Å². The molecule has 1 aliphatic rings. The molecule has 1 N–H and O–H groups in total. The molecule has 0 fully saturated rings. The fourth-order valence-corrected chi connectivity index (χ4v) is 3.38. The fourth-order valence-electron chi connectivity index (χ4n) is 1.95. The third kappa shape index (κ3) is 2.86. The number of aliphatic hydroxyl groups is 1. The zero-order chi connectivity index (χ0) is 14.0. The lowest BCUT2D eigenvalue weighted by Gasteiger charge is -2.25.